The Morgan fingerprint density at radius 3 is 2.43 bits per heavy atom. The van der Waals surface area contributed by atoms with E-state index >= 15 is 0 Å². The second kappa shape index (κ2) is 13.7. The van der Waals surface area contributed by atoms with Gasteiger partial charge in [-0.3, -0.25) is 9.69 Å². The van der Waals surface area contributed by atoms with E-state index in [-0.39, 0.29) is 28.1 Å². The number of alkyl halides is 3. The molecule has 7 nitrogen and oxygen atoms in total. The highest BCUT2D eigenvalue weighted by Gasteiger charge is 2.33. The Morgan fingerprint density at radius 2 is 1.73 bits per heavy atom. The summed E-state index contributed by atoms with van der Waals surface area (Å²) < 4.78 is 74.7. The lowest BCUT2D eigenvalue weighted by Gasteiger charge is -2.29. The number of likely N-dealkylation sites (tertiary alicyclic amines) is 1. The number of ether oxygens (including phenoxy) is 1. The molecule has 0 aromatic heterocycles. The third-order valence-electron chi connectivity index (χ3n) is 7.75. The van der Waals surface area contributed by atoms with Gasteiger partial charge in [-0.25, -0.2) is 13.1 Å². The minimum Gasteiger partial charge on any atom is -0.493 e. The predicted molar refractivity (Wildman–Crippen MR) is 162 cm³/mol. The van der Waals surface area contributed by atoms with Crippen LogP contribution in [-0.4, -0.2) is 38.9 Å². The summed E-state index contributed by atoms with van der Waals surface area (Å²) in [6.45, 7) is 3.34. The SMILES string of the molecule is O=C(CC(NS(=O)(=O)c1cccc(C(F)(F)F)c1)c1cc(Cl)cc(Cl)c1)NC1CCOc2cc(CN3CCCCC3)ccc21. The number of carbonyl (C=O) groups is 1. The third kappa shape index (κ3) is 8.25. The molecule has 0 aliphatic carbocycles. The number of piperidine rings is 1. The topological polar surface area (TPSA) is 87.7 Å². The zero-order chi connectivity index (χ0) is 31.5. The minimum absolute atomic E-state index is 0.204. The van der Waals surface area contributed by atoms with Gasteiger partial charge in [0.15, 0.2) is 0 Å². The number of fused-ring (bicyclic) bond motifs is 1. The number of benzene rings is 3. The number of halogens is 5. The average molecular weight is 671 g/mol. The Bertz CT molecular complexity index is 1590. The van der Waals surface area contributed by atoms with Crippen LogP contribution in [0.1, 0.15) is 66.4 Å². The van der Waals surface area contributed by atoms with E-state index in [9.17, 15) is 26.4 Å². The summed E-state index contributed by atoms with van der Waals surface area (Å²) >= 11 is 12.3. The average Bonchev–Trinajstić information content (AvgIpc) is 2.96. The van der Waals surface area contributed by atoms with Gasteiger partial charge in [0, 0.05) is 35.0 Å². The van der Waals surface area contributed by atoms with Crippen molar-refractivity contribution in [3.8, 4) is 5.75 Å². The molecule has 3 aromatic carbocycles. The molecule has 236 valence electrons. The van der Waals surface area contributed by atoms with E-state index in [4.69, 9.17) is 27.9 Å². The molecule has 2 atom stereocenters. The predicted octanol–water partition coefficient (Wildman–Crippen LogP) is 7.05. The van der Waals surface area contributed by atoms with Gasteiger partial charge in [-0.1, -0.05) is 47.8 Å². The van der Waals surface area contributed by atoms with Gasteiger partial charge in [0.25, 0.3) is 0 Å². The monoisotopic (exact) mass is 669 g/mol. The van der Waals surface area contributed by atoms with Crippen molar-refractivity contribution in [2.75, 3.05) is 19.7 Å². The zero-order valence-electron chi connectivity index (χ0n) is 23.7. The Kier molecular flexibility index (Phi) is 10.1. The molecule has 5 rings (SSSR count). The van der Waals surface area contributed by atoms with Crippen LogP contribution in [0, 0.1) is 0 Å². The maximum absolute atomic E-state index is 13.4. The summed E-state index contributed by atoms with van der Waals surface area (Å²) in [6.07, 6.45) is -0.965. The molecule has 0 spiro atoms. The number of hydrogen-bond donors (Lipinski definition) is 2. The third-order valence-corrected chi connectivity index (χ3v) is 9.66. The van der Waals surface area contributed by atoms with E-state index in [1.165, 1.54) is 37.5 Å². The van der Waals surface area contributed by atoms with Gasteiger partial charge in [0.05, 0.1) is 29.1 Å². The van der Waals surface area contributed by atoms with Crippen molar-refractivity contribution >= 4 is 39.1 Å². The van der Waals surface area contributed by atoms with Crippen LogP contribution in [0.25, 0.3) is 0 Å². The standard InChI is InChI=1S/C31H32Cl2F3N3O4S/c32-23-14-21(15-24(33)17-23)28(38-44(41,42)25-6-4-5-22(16-25)31(34,35)36)18-30(40)37-27-9-12-43-29-13-20(7-8-26(27)29)19-39-10-2-1-3-11-39/h4-8,13-17,27-28,38H,1-3,9-12,18-19H2,(H,37,40). The van der Waals surface area contributed by atoms with Gasteiger partial charge in [-0.2, -0.15) is 13.2 Å². The van der Waals surface area contributed by atoms with Gasteiger partial charge < -0.3 is 10.1 Å². The van der Waals surface area contributed by atoms with Crippen LogP contribution in [0.3, 0.4) is 0 Å². The first-order valence-corrected chi connectivity index (χ1v) is 16.5. The molecule has 13 heteroatoms. The van der Waals surface area contributed by atoms with Gasteiger partial charge in [-0.15, -0.1) is 0 Å². The summed E-state index contributed by atoms with van der Waals surface area (Å²) in [4.78, 5) is 15.2. The maximum atomic E-state index is 13.4. The summed E-state index contributed by atoms with van der Waals surface area (Å²) in [5, 5.41) is 3.39. The Morgan fingerprint density at radius 1 is 1.00 bits per heavy atom. The lowest BCUT2D eigenvalue weighted by molar-refractivity contribution is -0.137. The number of nitrogens with zero attached hydrogens (tertiary/aromatic N) is 1. The molecule has 2 aliphatic heterocycles. The molecule has 0 radical (unpaired) electrons. The molecule has 2 heterocycles. The molecule has 0 bridgehead atoms. The van der Waals surface area contributed by atoms with Crippen LogP contribution in [0.5, 0.6) is 5.75 Å². The zero-order valence-corrected chi connectivity index (χ0v) is 26.0. The van der Waals surface area contributed by atoms with E-state index in [0.717, 1.165) is 49.0 Å². The molecule has 2 unspecified atom stereocenters. The van der Waals surface area contributed by atoms with Crippen molar-refractivity contribution in [2.24, 2.45) is 0 Å². The number of carbonyl (C=O) groups excluding carboxylic acids is 1. The van der Waals surface area contributed by atoms with Crippen molar-refractivity contribution in [3.05, 3.63) is 93.0 Å². The molecule has 2 N–H and O–H groups in total. The fourth-order valence-electron chi connectivity index (χ4n) is 5.60. The van der Waals surface area contributed by atoms with E-state index in [2.05, 4.69) is 14.9 Å². The smallest absolute Gasteiger partial charge is 0.416 e. The van der Waals surface area contributed by atoms with Crippen molar-refractivity contribution in [1.82, 2.24) is 14.9 Å². The number of rotatable bonds is 9. The highest BCUT2D eigenvalue weighted by atomic mass is 35.5. The van der Waals surface area contributed by atoms with E-state index in [1.54, 1.807) is 0 Å². The van der Waals surface area contributed by atoms with E-state index in [0.29, 0.717) is 24.8 Å². The van der Waals surface area contributed by atoms with Gasteiger partial charge in [0.2, 0.25) is 15.9 Å². The molecule has 1 fully saturated rings. The second-order valence-electron chi connectivity index (χ2n) is 11.1. The van der Waals surface area contributed by atoms with Gasteiger partial charge in [-0.05, 0) is 79.5 Å². The normalized spacial score (nSPS) is 18.2. The Balaban J connectivity index is 1.34. The second-order valence-corrected chi connectivity index (χ2v) is 13.7. The van der Waals surface area contributed by atoms with Gasteiger partial charge in [0.1, 0.15) is 5.75 Å². The molecule has 3 aromatic rings. The molecular weight excluding hydrogens is 638 g/mol. The lowest BCUT2D eigenvalue weighted by Crippen LogP contribution is -2.36. The summed E-state index contributed by atoms with van der Waals surface area (Å²) in [5.41, 5.74) is 1.11. The van der Waals surface area contributed by atoms with E-state index < -0.39 is 38.6 Å². The van der Waals surface area contributed by atoms with Crippen molar-refractivity contribution in [2.45, 2.75) is 61.8 Å². The summed E-state index contributed by atoms with van der Waals surface area (Å²) in [7, 11) is -4.50. The van der Waals surface area contributed by atoms with Crippen LogP contribution < -0.4 is 14.8 Å². The van der Waals surface area contributed by atoms with Crippen molar-refractivity contribution in [3.63, 3.8) is 0 Å². The van der Waals surface area contributed by atoms with Crippen LogP contribution in [-0.2, 0) is 27.5 Å². The molecule has 0 saturated carbocycles. The molecule has 44 heavy (non-hydrogen) atoms. The highest BCUT2D eigenvalue weighted by molar-refractivity contribution is 7.89. The molecule has 1 amide bonds. The highest BCUT2D eigenvalue weighted by Crippen LogP contribution is 2.35. The summed E-state index contributed by atoms with van der Waals surface area (Å²) in [5.74, 6) is 0.215. The number of amides is 1. The maximum Gasteiger partial charge on any atom is 0.416 e. The first kappa shape index (κ1) is 32.6. The lowest BCUT2D eigenvalue weighted by atomic mass is 9.97. The van der Waals surface area contributed by atoms with Gasteiger partial charge >= 0.3 is 6.18 Å². The summed E-state index contributed by atoms with van der Waals surface area (Å²) in [6, 6.07) is 12.2. The fraction of sp³-hybridized carbons (Fsp3) is 0.387. The van der Waals surface area contributed by atoms with Crippen LogP contribution >= 0.6 is 23.2 Å². The number of sulfonamides is 1. The van der Waals surface area contributed by atoms with Crippen LogP contribution in [0.4, 0.5) is 13.2 Å². The minimum atomic E-state index is -4.74. The quantitative estimate of drug-likeness (QED) is 0.255. The van der Waals surface area contributed by atoms with Crippen LogP contribution in [0.2, 0.25) is 10.0 Å². The molecular formula is C31H32Cl2F3N3O4S. The molecule has 2 aliphatic rings. The number of hydrogen-bond acceptors (Lipinski definition) is 5. The Labute approximate surface area is 264 Å². The van der Waals surface area contributed by atoms with E-state index in [1.807, 2.05) is 18.2 Å². The largest absolute Gasteiger partial charge is 0.493 e. The number of nitrogens with one attached hydrogen (secondary N) is 2. The molecule has 1 saturated heterocycles. The van der Waals surface area contributed by atoms with Crippen molar-refractivity contribution in [1.29, 1.82) is 0 Å². The Hall–Kier alpha value is -2.83. The first-order chi connectivity index (χ1) is 20.9. The first-order valence-electron chi connectivity index (χ1n) is 14.3. The van der Waals surface area contributed by atoms with Crippen LogP contribution in [0.15, 0.2) is 65.6 Å². The van der Waals surface area contributed by atoms with Crippen molar-refractivity contribution < 1.29 is 31.1 Å². The fourth-order valence-corrected chi connectivity index (χ4v) is 7.41.